The lowest BCUT2D eigenvalue weighted by atomic mass is 10.1. The molecule has 0 saturated carbocycles. The topological polar surface area (TPSA) is 54.2 Å². The molecule has 0 radical (unpaired) electrons. The predicted octanol–water partition coefficient (Wildman–Crippen LogP) is 3.49. The monoisotopic (exact) mass is 499 g/mol. The lowest BCUT2D eigenvalue weighted by Crippen LogP contribution is -2.38. The molecule has 5 nitrogen and oxygen atoms in total. The van der Waals surface area contributed by atoms with E-state index in [0.29, 0.717) is 25.5 Å². The van der Waals surface area contributed by atoms with Crippen LogP contribution in [0.25, 0.3) is 0 Å². The van der Waals surface area contributed by atoms with Gasteiger partial charge in [0.1, 0.15) is 5.82 Å². The Labute approximate surface area is 172 Å². The fourth-order valence-corrected chi connectivity index (χ4v) is 2.37. The number of halogens is 5. The molecule has 0 saturated heterocycles. The average Bonchev–Trinajstić information content (AvgIpc) is 2.95. The van der Waals surface area contributed by atoms with E-state index < -0.39 is 11.9 Å². The third kappa shape index (κ3) is 7.35. The quantitative estimate of drug-likeness (QED) is 0.277. The Bertz CT molecular complexity index is 741. The van der Waals surface area contributed by atoms with Crippen LogP contribution in [0.4, 0.5) is 17.6 Å². The summed E-state index contributed by atoms with van der Waals surface area (Å²) >= 11 is 0. The number of alkyl halides is 3. The van der Waals surface area contributed by atoms with Gasteiger partial charge in [-0.25, -0.2) is 9.38 Å². The predicted molar refractivity (Wildman–Crippen MR) is 107 cm³/mol. The van der Waals surface area contributed by atoms with E-state index >= 15 is 0 Å². The van der Waals surface area contributed by atoms with Gasteiger partial charge in [0.15, 0.2) is 11.7 Å². The van der Waals surface area contributed by atoms with Gasteiger partial charge in [-0.1, -0.05) is 12.1 Å². The fraction of sp³-hybridized carbons (Fsp3) is 0.412. The Balaban J connectivity index is 0.00000364. The normalized spacial score (nSPS) is 11.9. The van der Waals surface area contributed by atoms with Gasteiger partial charge in [-0.15, -0.1) is 24.0 Å². The molecule has 1 aromatic carbocycles. The van der Waals surface area contributed by atoms with E-state index in [1.807, 2.05) is 6.92 Å². The molecule has 0 aliphatic heterocycles. The third-order valence-electron chi connectivity index (χ3n) is 3.54. The number of nitrogens with one attached hydrogen (secondary N) is 2. The number of hydrogen-bond acceptors (Lipinski definition) is 2. The van der Waals surface area contributed by atoms with Gasteiger partial charge in [-0.3, -0.25) is 4.68 Å². The van der Waals surface area contributed by atoms with Crippen molar-refractivity contribution >= 4 is 29.9 Å². The van der Waals surface area contributed by atoms with Crippen LogP contribution in [0.3, 0.4) is 0 Å². The van der Waals surface area contributed by atoms with Crippen LogP contribution < -0.4 is 10.6 Å². The smallest absolute Gasteiger partial charge is 0.357 e. The maximum absolute atomic E-state index is 13.0. The second kappa shape index (κ2) is 10.5. The van der Waals surface area contributed by atoms with Gasteiger partial charge in [0.2, 0.25) is 0 Å². The molecule has 0 atom stereocenters. The van der Waals surface area contributed by atoms with Crippen molar-refractivity contribution in [2.75, 3.05) is 13.1 Å². The largest absolute Gasteiger partial charge is 0.435 e. The van der Waals surface area contributed by atoms with E-state index in [0.717, 1.165) is 10.2 Å². The average molecular weight is 499 g/mol. The second-order valence-corrected chi connectivity index (χ2v) is 5.67. The molecule has 0 amide bonds. The minimum atomic E-state index is -4.51. The third-order valence-corrected chi connectivity index (χ3v) is 3.54. The first-order valence-corrected chi connectivity index (χ1v) is 8.16. The molecule has 1 heterocycles. The minimum absolute atomic E-state index is 0. The fourth-order valence-electron chi connectivity index (χ4n) is 2.37. The summed E-state index contributed by atoms with van der Waals surface area (Å²) in [5.74, 6) is 0.111. The highest BCUT2D eigenvalue weighted by Crippen LogP contribution is 2.30. The molecule has 10 heteroatoms. The highest BCUT2D eigenvalue weighted by atomic mass is 127. The molecule has 0 aliphatic carbocycles. The highest BCUT2D eigenvalue weighted by molar-refractivity contribution is 14.0. The van der Waals surface area contributed by atoms with Gasteiger partial charge in [0.05, 0.1) is 6.54 Å². The maximum atomic E-state index is 13.0. The van der Waals surface area contributed by atoms with Gasteiger partial charge >= 0.3 is 6.18 Å². The Hall–Kier alpha value is -1.85. The zero-order valence-corrected chi connectivity index (χ0v) is 17.3. The lowest BCUT2D eigenvalue weighted by molar-refractivity contribution is -0.142. The Kier molecular flexibility index (Phi) is 9.00. The maximum Gasteiger partial charge on any atom is 0.435 e. The number of hydrogen-bond donors (Lipinski definition) is 2. The summed E-state index contributed by atoms with van der Waals surface area (Å²) < 4.78 is 52.9. The molecule has 0 bridgehead atoms. The van der Waals surface area contributed by atoms with Crippen molar-refractivity contribution in [1.29, 1.82) is 0 Å². The van der Waals surface area contributed by atoms with Crippen LogP contribution in [-0.4, -0.2) is 28.8 Å². The van der Waals surface area contributed by atoms with Crippen LogP contribution in [0.5, 0.6) is 0 Å². The Morgan fingerprint density at radius 2 is 1.85 bits per heavy atom. The molecular weight excluding hydrogens is 477 g/mol. The molecule has 27 heavy (non-hydrogen) atoms. The SMILES string of the molecule is CCNC(=NCc1cn(C)nc1C(F)(F)F)NCCc1ccc(F)cc1.I. The Morgan fingerprint density at radius 1 is 1.19 bits per heavy atom. The minimum Gasteiger partial charge on any atom is -0.357 e. The summed E-state index contributed by atoms with van der Waals surface area (Å²) in [6.45, 7) is 2.80. The number of nitrogens with zero attached hydrogens (tertiary/aromatic N) is 3. The van der Waals surface area contributed by atoms with Crippen molar-refractivity contribution in [2.24, 2.45) is 12.0 Å². The summed E-state index contributed by atoms with van der Waals surface area (Å²) in [5, 5.41) is 9.51. The van der Waals surface area contributed by atoms with Gasteiger partial charge in [0.25, 0.3) is 0 Å². The van der Waals surface area contributed by atoms with E-state index in [1.165, 1.54) is 25.4 Å². The van der Waals surface area contributed by atoms with Crippen molar-refractivity contribution < 1.29 is 17.6 Å². The highest BCUT2D eigenvalue weighted by Gasteiger charge is 2.36. The molecule has 0 unspecified atom stereocenters. The summed E-state index contributed by atoms with van der Waals surface area (Å²) in [7, 11) is 1.44. The molecule has 150 valence electrons. The van der Waals surface area contributed by atoms with E-state index in [2.05, 4.69) is 20.7 Å². The molecular formula is C17H22F4IN5. The summed E-state index contributed by atoms with van der Waals surface area (Å²) in [6.07, 6.45) is -2.57. The van der Waals surface area contributed by atoms with Gasteiger partial charge in [-0.05, 0) is 31.0 Å². The van der Waals surface area contributed by atoms with Crippen LogP contribution in [0, 0.1) is 5.82 Å². The number of aromatic nitrogens is 2. The first kappa shape index (κ1) is 23.2. The van der Waals surface area contributed by atoms with E-state index in [9.17, 15) is 17.6 Å². The van der Waals surface area contributed by atoms with Crippen molar-refractivity contribution in [2.45, 2.75) is 26.1 Å². The van der Waals surface area contributed by atoms with Crippen molar-refractivity contribution in [3.05, 3.63) is 53.1 Å². The van der Waals surface area contributed by atoms with Crippen LogP contribution in [0.1, 0.15) is 23.7 Å². The molecule has 1 aromatic heterocycles. The first-order chi connectivity index (χ1) is 12.3. The molecule has 2 rings (SSSR count). The van der Waals surface area contributed by atoms with E-state index in [-0.39, 0.29) is 41.9 Å². The van der Waals surface area contributed by atoms with E-state index in [4.69, 9.17) is 0 Å². The zero-order valence-electron chi connectivity index (χ0n) is 15.0. The number of aliphatic imine (C=N–C) groups is 1. The molecule has 0 fully saturated rings. The van der Waals surface area contributed by atoms with Gasteiger partial charge in [0, 0.05) is 31.9 Å². The van der Waals surface area contributed by atoms with Gasteiger partial charge in [-0.2, -0.15) is 18.3 Å². The van der Waals surface area contributed by atoms with Crippen LogP contribution in [-0.2, 0) is 26.2 Å². The molecule has 2 N–H and O–H groups in total. The van der Waals surface area contributed by atoms with Crippen LogP contribution in [0.2, 0.25) is 0 Å². The Morgan fingerprint density at radius 3 is 2.44 bits per heavy atom. The number of aryl methyl sites for hydroxylation is 1. The molecule has 0 spiro atoms. The second-order valence-electron chi connectivity index (χ2n) is 5.67. The number of guanidine groups is 1. The van der Waals surface area contributed by atoms with Crippen LogP contribution >= 0.6 is 24.0 Å². The number of benzene rings is 1. The first-order valence-electron chi connectivity index (χ1n) is 8.16. The summed E-state index contributed by atoms with van der Waals surface area (Å²) in [5.41, 5.74) is 0.0306. The van der Waals surface area contributed by atoms with Crippen LogP contribution in [0.15, 0.2) is 35.5 Å². The molecule has 0 aliphatic rings. The van der Waals surface area contributed by atoms with E-state index in [1.54, 1.807) is 12.1 Å². The van der Waals surface area contributed by atoms with Crippen molar-refractivity contribution in [1.82, 2.24) is 20.4 Å². The standard InChI is InChI=1S/C17H21F4N5.HI/c1-3-22-16(23-9-8-12-4-6-14(18)7-5-12)24-10-13-11-26(2)25-15(13)17(19,20)21;/h4-7,11H,3,8-10H2,1-2H3,(H2,22,23,24);1H. The van der Waals surface area contributed by atoms with Crippen molar-refractivity contribution in [3.8, 4) is 0 Å². The summed E-state index contributed by atoms with van der Waals surface area (Å²) in [4.78, 5) is 4.20. The number of rotatable bonds is 6. The van der Waals surface area contributed by atoms with Crippen molar-refractivity contribution in [3.63, 3.8) is 0 Å². The zero-order chi connectivity index (χ0) is 19.2. The molecule has 2 aromatic rings. The lowest BCUT2D eigenvalue weighted by Gasteiger charge is -2.11. The summed E-state index contributed by atoms with van der Waals surface area (Å²) in [6, 6.07) is 6.14. The van der Waals surface area contributed by atoms with Gasteiger partial charge < -0.3 is 10.6 Å².